The van der Waals surface area contributed by atoms with Crippen LogP contribution in [-0.2, 0) is 15.4 Å². The van der Waals surface area contributed by atoms with Crippen molar-refractivity contribution >= 4 is 15.7 Å². The summed E-state index contributed by atoms with van der Waals surface area (Å²) >= 11 is 0. The van der Waals surface area contributed by atoms with E-state index in [0.29, 0.717) is 0 Å². The highest BCUT2D eigenvalue weighted by Crippen LogP contribution is 2.34. The van der Waals surface area contributed by atoms with Crippen molar-refractivity contribution in [3.63, 3.8) is 0 Å². The molecule has 0 amide bonds. The second-order valence-electron chi connectivity index (χ2n) is 6.03. The van der Waals surface area contributed by atoms with E-state index < -0.39 is 15.8 Å². The largest absolute Gasteiger partial charge is 0.506 e. The molecule has 2 rings (SSSR count). The van der Waals surface area contributed by atoms with E-state index in [-0.39, 0.29) is 21.7 Å². The van der Waals surface area contributed by atoms with Gasteiger partial charge in [0.1, 0.15) is 11.6 Å². The fraction of sp³-hybridized carbons (Fsp3) is 0.294. The van der Waals surface area contributed by atoms with Crippen molar-refractivity contribution in [2.75, 3.05) is 4.72 Å². The summed E-state index contributed by atoms with van der Waals surface area (Å²) in [7, 11) is -3.98. The summed E-state index contributed by atoms with van der Waals surface area (Å²) in [5.74, 6) is -0.821. The Morgan fingerprint density at radius 3 is 2.48 bits per heavy atom. The first-order chi connectivity index (χ1) is 10.7. The van der Waals surface area contributed by atoms with E-state index in [2.05, 4.69) is 4.72 Å². The number of rotatable bonds is 5. The first-order valence-electron chi connectivity index (χ1n) is 7.27. The minimum absolute atomic E-state index is 0.0771. The smallest absolute Gasteiger partial charge is 0.262 e. The van der Waals surface area contributed by atoms with E-state index in [4.69, 9.17) is 0 Å². The average molecular weight is 337 g/mol. The molecule has 2 aromatic carbocycles. The molecular formula is C17H20FNO3S. The second-order valence-corrected chi connectivity index (χ2v) is 7.71. The standard InChI is InChI=1S/C17H20FNO3S/c1-4-17(2,3)12-8-9-16(20)15(10-12)19-23(21,22)14-7-5-6-13(18)11-14/h5-11,19-20H,4H2,1-3H3. The number of aromatic hydroxyl groups is 1. The highest BCUT2D eigenvalue weighted by molar-refractivity contribution is 7.92. The van der Waals surface area contributed by atoms with E-state index in [1.165, 1.54) is 24.3 Å². The molecule has 0 aliphatic carbocycles. The summed E-state index contributed by atoms with van der Waals surface area (Å²) in [5.41, 5.74) is 0.815. The van der Waals surface area contributed by atoms with Gasteiger partial charge in [-0.15, -0.1) is 0 Å². The van der Waals surface area contributed by atoms with Gasteiger partial charge in [-0.05, 0) is 47.7 Å². The number of benzene rings is 2. The quantitative estimate of drug-likeness (QED) is 0.810. The van der Waals surface area contributed by atoms with Gasteiger partial charge < -0.3 is 5.11 Å². The molecule has 0 aromatic heterocycles. The van der Waals surface area contributed by atoms with Gasteiger partial charge in [-0.1, -0.05) is 32.9 Å². The highest BCUT2D eigenvalue weighted by atomic mass is 32.2. The van der Waals surface area contributed by atoms with Crippen LogP contribution in [0.25, 0.3) is 0 Å². The predicted octanol–water partition coefficient (Wildman–Crippen LogP) is 4.02. The molecule has 0 aliphatic rings. The summed E-state index contributed by atoms with van der Waals surface area (Å²) in [5, 5.41) is 9.94. The molecule has 0 saturated heterocycles. The molecule has 0 fully saturated rings. The second kappa shape index (κ2) is 6.20. The third-order valence-electron chi connectivity index (χ3n) is 4.01. The summed E-state index contributed by atoms with van der Waals surface area (Å²) in [6.45, 7) is 6.10. The Morgan fingerprint density at radius 1 is 1.17 bits per heavy atom. The first kappa shape index (κ1) is 17.3. The molecular weight excluding hydrogens is 317 g/mol. The van der Waals surface area contributed by atoms with Crippen LogP contribution in [0.15, 0.2) is 47.4 Å². The van der Waals surface area contributed by atoms with Crippen LogP contribution in [0.2, 0.25) is 0 Å². The number of phenols is 1. The Bertz CT molecular complexity index is 816. The lowest BCUT2D eigenvalue weighted by Gasteiger charge is -2.24. The van der Waals surface area contributed by atoms with E-state index in [1.54, 1.807) is 12.1 Å². The van der Waals surface area contributed by atoms with Crippen LogP contribution in [0.4, 0.5) is 10.1 Å². The van der Waals surface area contributed by atoms with Gasteiger partial charge in [-0.3, -0.25) is 4.72 Å². The minimum atomic E-state index is -3.98. The number of hydrogen-bond donors (Lipinski definition) is 2. The van der Waals surface area contributed by atoms with Crippen molar-refractivity contribution in [1.29, 1.82) is 0 Å². The van der Waals surface area contributed by atoms with Gasteiger partial charge in [-0.25, -0.2) is 12.8 Å². The van der Waals surface area contributed by atoms with Crippen molar-refractivity contribution in [3.05, 3.63) is 53.8 Å². The van der Waals surface area contributed by atoms with Gasteiger partial charge in [0, 0.05) is 0 Å². The summed E-state index contributed by atoms with van der Waals surface area (Å²) in [6.07, 6.45) is 0.855. The first-order valence-corrected chi connectivity index (χ1v) is 8.76. The molecule has 4 nitrogen and oxygen atoms in total. The van der Waals surface area contributed by atoms with Crippen LogP contribution in [0.3, 0.4) is 0 Å². The number of hydrogen-bond acceptors (Lipinski definition) is 3. The molecule has 0 heterocycles. The van der Waals surface area contributed by atoms with Crippen LogP contribution < -0.4 is 4.72 Å². The number of halogens is 1. The molecule has 0 saturated carbocycles. The SMILES string of the molecule is CCC(C)(C)c1ccc(O)c(NS(=O)(=O)c2cccc(F)c2)c1. The van der Waals surface area contributed by atoms with Gasteiger partial charge in [0.25, 0.3) is 10.0 Å². The normalized spacial score (nSPS) is 12.2. The Labute approximate surface area is 136 Å². The molecule has 2 N–H and O–H groups in total. The zero-order chi connectivity index (χ0) is 17.3. The van der Waals surface area contributed by atoms with E-state index in [9.17, 15) is 17.9 Å². The third kappa shape index (κ3) is 3.82. The molecule has 0 radical (unpaired) electrons. The molecule has 2 aromatic rings. The average Bonchev–Trinajstić information content (AvgIpc) is 2.49. The Balaban J connectivity index is 2.41. The fourth-order valence-electron chi connectivity index (χ4n) is 2.08. The van der Waals surface area contributed by atoms with Crippen molar-refractivity contribution in [2.45, 2.75) is 37.5 Å². The number of anilines is 1. The van der Waals surface area contributed by atoms with Crippen LogP contribution in [0.1, 0.15) is 32.8 Å². The predicted molar refractivity (Wildman–Crippen MR) is 88.6 cm³/mol. The monoisotopic (exact) mass is 337 g/mol. The van der Waals surface area contributed by atoms with E-state index >= 15 is 0 Å². The molecule has 124 valence electrons. The van der Waals surface area contributed by atoms with Gasteiger partial charge in [0.15, 0.2) is 0 Å². The highest BCUT2D eigenvalue weighted by Gasteiger charge is 2.22. The van der Waals surface area contributed by atoms with Gasteiger partial charge >= 0.3 is 0 Å². The lowest BCUT2D eigenvalue weighted by Crippen LogP contribution is -2.17. The zero-order valence-corrected chi connectivity index (χ0v) is 14.1. The molecule has 0 bridgehead atoms. The van der Waals surface area contributed by atoms with E-state index in [1.807, 2.05) is 20.8 Å². The molecule has 6 heteroatoms. The van der Waals surface area contributed by atoms with Crippen molar-refractivity contribution in [3.8, 4) is 5.75 Å². The molecule has 0 unspecified atom stereocenters. The topological polar surface area (TPSA) is 66.4 Å². The van der Waals surface area contributed by atoms with Crippen LogP contribution >= 0.6 is 0 Å². The van der Waals surface area contributed by atoms with Crippen LogP contribution in [0.5, 0.6) is 5.75 Å². The Kier molecular flexibility index (Phi) is 4.66. The van der Waals surface area contributed by atoms with Crippen molar-refractivity contribution < 1.29 is 17.9 Å². The Hall–Kier alpha value is -2.08. The Morgan fingerprint density at radius 2 is 1.87 bits per heavy atom. The van der Waals surface area contributed by atoms with Gasteiger partial charge in [0.05, 0.1) is 10.6 Å². The maximum atomic E-state index is 13.2. The molecule has 0 spiro atoms. The number of nitrogens with one attached hydrogen (secondary N) is 1. The van der Waals surface area contributed by atoms with Gasteiger partial charge in [0.2, 0.25) is 0 Å². The lowest BCUT2D eigenvalue weighted by atomic mass is 9.82. The lowest BCUT2D eigenvalue weighted by molar-refractivity contribution is 0.474. The number of phenolic OH excluding ortho intramolecular Hbond substituents is 1. The number of sulfonamides is 1. The van der Waals surface area contributed by atoms with Crippen LogP contribution in [-0.4, -0.2) is 13.5 Å². The minimum Gasteiger partial charge on any atom is -0.506 e. The maximum absolute atomic E-state index is 13.2. The van der Waals surface area contributed by atoms with Crippen molar-refractivity contribution in [1.82, 2.24) is 0 Å². The van der Waals surface area contributed by atoms with Crippen LogP contribution in [0, 0.1) is 5.82 Å². The summed E-state index contributed by atoms with van der Waals surface area (Å²) < 4.78 is 40.3. The fourth-order valence-corrected chi connectivity index (χ4v) is 3.18. The molecule has 23 heavy (non-hydrogen) atoms. The van der Waals surface area contributed by atoms with Crippen molar-refractivity contribution in [2.24, 2.45) is 0 Å². The zero-order valence-electron chi connectivity index (χ0n) is 13.3. The molecule has 0 atom stereocenters. The summed E-state index contributed by atoms with van der Waals surface area (Å²) in [6, 6.07) is 9.54. The molecule has 0 aliphatic heterocycles. The summed E-state index contributed by atoms with van der Waals surface area (Å²) in [4.78, 5) is -0.197. The van der Waals surface area contributed by atoms with Gasteiger partial charge in [-0.2, -0.15) is 0 Å². The third-order valence-corrected chi connectivity index (χ3v) is 5.38. The maximum Gasteiger partial charge on any atom is 0.262 e. The van der Waals surface area contributed by atoms with E-state index in [0.717, 1.165) is 18.1 Å².